The van der Waals surface area contributed by atoms with Crippen molar-refractivity contribution >= 4 is 76.0 Å². The van der Waals surface area contributed by atoms with Crippen LogP contribution in [0.5, 0.6) is 0 Å². The van der Waals surface area contributed by atoms with E-state index < -0.39 is 71.8 Å². The van der Waals surface area contributed by atoms with E-state index in [1.807, 2.05) is 54.7 Å². The van der Waals surface area contributed by atoms with Gasteiger partial charge in [0.25, 0.3) is 11.8 Å². The van der Waals surface area contributed by atoms with Gasteiger partial charge in [0.2, 0.25) is 17.7 Å². The summed E-state index contributed by atoms with van der Waals surface area (Å²) in [4.78, 5) is 144. The Kier molecular flexibility index (Phi) is 29.7. The zero-order chi connectivity index (χ0) is 66.2. The summed E-state index contributed by atoms with van der Waals surface area (Å²) in [5.41, 5.74) is 7.91. The number of nitrogens with zero attached hydrogens (tertiary/aromatic N) is 4. The SMILES string of the molecule is C=C1C=CC(=O)N1CCCCCC(=O)C[C@H](C(=O)N[C@@H](CCCCC(N)=O)C(=O)Cc1ccc(C[C@@H](C[C@H](C)C(=O)O)NC(=O)c2csc([C@@H](C[C@H](C(C)C)N(C)C(=O)[C@@H](CC(=O)[C@H]3CCCCN3C)[C@@H](C)CC)OC(=O)Nc3ccccc3)n2)cc1)C(C)C. The Labute approximate surface area is 536 Å². The number of amides is 6. The monoisotopic (exact) mass is 1260 g/mol. The number of hydrogen-bond acceptors (Lipinski definition) is 14. The van der Waals surface area contributed by atoms with E-state index in [4.69, 9.17) is 15.5 Å². The van der Waals surface area contributed by atoms with Crippen molar-refractivity contribution in [3.63, 3.8) is 0 Å². The summed E-state index contributed by atoms with van der Waals surface area (Å²) in [5.74, 6) is -5.65. The molecule has 1 saturated heterocycles. The first-order chi connectivity index (χ1) is 42.8. The molecule has 21 heteroatoms. The first kappa shape index (κ1) is 73.3. The molecule has 0 unspecified atom stereocenters. The van der Waals surface area contributed by atoms with Gasteiger partial charge in [-0.3, -0.25) is 53.4 Å². The molecule has 0 spiro atoms. The zero-order valence-corrected chi connectivity index (χ0v) is 55.2. The van der Waals surface area contributed by atoms with E-state index in [1.165, 1.54) is 6.08 Å². The van der Waals surface area contributed by atoms with Crippen LogP contribution in [-0.2, 0) is 55.9 Å². The van der Waals surface area contributed by atoms with E-state index in [-0.39, 0.29) is 116 Å². The lowest BCUT2D eigenvalue weighted by Gasteiger charge is -2.37. The summed E-state index contributed by atoms with van der Waals surface area (Å²) in [6.45, 7) is 18.4. The molecular formula is C69H98N8O12S. The normalized spacial score (nSPS) is 17.0. The van der Waals surface area contributed by atoms with Crippen LogP contribution in [0.2, 0.25) is 0 Å². The highest BCUT2D eigenvalue weighted by atomic mass is 32.1. The first-order valence-corrected chi connectivity index (χ1v) is 33.0. The second-order valence-electron chi connectivity index (χ2n) is 25.4. The molecule has 492 valence electrons. The molecule has 0 radical (unpaired) electrons. The summed E-state index contributed by atoms with van der Waals surface area (Å²) in [7, 11) is 3.69. The standard InChI is InChI=1S/C69H98N8O12S/c1-11-45(6)54(40-60(80)57-26-19-21-34-75(57)9)67(85)76(10)58(44(4)5)41-61(89-69(88)72-50-22-14-12-15-23-50)66-74-56(42-90-66)65(84)71-51(36-46(7)68(86)87)37-48-29-31-49(32-30-48)38-59(79)55(25-17-18-27-62(70)81)73-64(83)53(43(2)3)39-52(78)24-16-13-20-35-77-47(8)28-33-63(77)82/h12,14-15,22-23,28-33,42-46,51,53-55,57-58,61H,8,11,13,16-21,24-27,34-41H2,1-7,9-10H3,(H2,70,81)(H,71,84)(H,72,88)(H,73,83)(H,86,87)/t45-,46-,51+,53-,54-,55-,57+,58+,61+/m0/s1. The van der Waals surface area contributed by atoms with Crippen molar-refractivity contribution in [1.82, 2.24) is 30.3 Å². The summed E-state index contributed by atoms with van der Waals surface area (Å²) in [6.07, 6.45) is 8.72. The minimum Gasteiger partial charge on any atom is -0.481 e. The average molecular weight is 1260 g/mol. The van der Waals surface area contributed by atoms with Crippen molar-refractivity contribution < 1.29 is 57.8 Å². The number of unbranched alkanes of at least 4 members (excludes halogenated alkanes) is 3. The number of Topliss-reactive ketones (excluding diaryl/α,β-unsaturated/α-hetero) is 3. The molecule has 2 aromatic carbocycles. The molecule has 6 amide bonds. The number of likely N-dealkylation sites (N-methyl/N-ethyl adjacent to an activating group) is 1. The van der Waals surface area contributed by atoms with Crippen LogP contribution >= 0.6 is 11.3 Å². The minimum atomic E-state index is -1.05. The number of aromatic nitrogens is 1. The number of carbonyl (C=O) groups excluding carboxylic acids is 9. The Balaban J connectivity index is 1.29. The van der Waals surface area contributed by atoms with Crippen LogP contribution in [0.3, 0.4) is 0 Å². The van der Waals surface area contributed by atoms with Crippen LogP contribution in [0.1, 0.15) is 184 Å². The zero-order valence-electron chi connectivity index (χ0n) is 54.3. The van der Waals surface area contributed by atoms with Crippen LogP contribution in [-0.4, -0.2) is 135 Å². The van der Waals surface area contributed by atoms with Crippen molar-refractivity contribution in [1.29, 1.82) is 0 Å². The Morgan fingerprint density at radius 1 is 0.833 bits per heavy atom. The van der Waals surface area contributed by atoms with Gasteiger partial charge in [0.1, 0.15) is 16.5 Å². The third-order valence-electron chi connectivity index (χ3n) is 17.7. The highest BCUT2D eigenvalue weighted by Gasteiger charge is 2.38. The Bertz CT molecular complexity index is 2950. The van der Waals surface area contributed by atoms with Gasteiger partial charge in [0, 0.05) is 98.9 Å². The van der Waals surface area contributed by atoms with Gasteiger partial charge in [-0.05, 0) is 112 Å². The molecule has 0 aliphatic carbocycles. The highest BCUT2D eigenvalue weighted by Crippen LogP contribution is 2.34. The van der Waals surface area contributed by atoms with Gasteiger partial charge in [-0.15, -0.1) is 11.3 Å². The highest BCUT2D eigenvalue weighted by molar-refractivity contribution is 7.09. The summed E-state index contributed by atoms with van der Waals surface area (Å²) >= 11 is 1.11. The molecule has 20 nitrogen and oxygen atoms in total. The quantitative estimate of drug-likeness (QED) is 0.0332. The van der Waals surface area contributed by atoms with Gasteiger partial charge < -0.3 is 36.0 Å². The fourth-order valence-electron chi connectivity index (χ4n) is 11.8. The van der Waals surface area contributed by atoms with Crippen LogP contribution in [0.25, 0.3) is 0 Å². The van der Waals surface area contributed by atoms with Gasteiger partial charge in [0.05, 0.1) is 18.0 Å². The van der Waals surface area contributed by atoms with Gasteiger partial charge in [-0.1, -0.05) is 123 Å². The lowest BCUT2D eigenvalue weighted by molar-refractivity contribution is -0.143. The summed E-state index contributed by atoms with van der Waals surface area (Å²) in [6, 6.07) is 13.5. The Morgan fingerprint density at radius 3 is 2.14 bits per heavy atom. The number of aliphatic carboxylic acids is 1. The predicted molar refractivity (Wildman–Crippen MR) is 348 cm³/mol. The molecule has 2 aliphatic heterocycles. The Morgan fingerprint density at radius 2 is 1.52 bits per heavy atom. The van der Waals surface area contributed by atoms with Crippen molar-refractivity contribution in [2.45, 2.75) is 194 Å². The smallest absolute Gasteiger partial charge is 0.412 e. The maximum Gasteiger partial charge on any atom is 0.412 e. The van der Waals surface area contributed by atoms with Crippen LogP contribution in [0.15, 0.2) is 84.4 Å². The molecule has 0 saturated carbocycles. The number of thiazole rings is 1. The fraction of sp³-hybridized carbons (Fsp3) is 0.580. The number of nitrogens with two attached hydrogens (primary N) is 1. The third kappa shape index (κ3) is 23.1. The number of primary amides is 1. The number of ketones is 3. The minimum absolute atomic E-state index is 0.00656. The van der Waals surface area contributed by atoms with E-state index in [1.54, 1.807) is 83.8 Å². The number of rotatable bonds is 39. The average Bonchev–Trinajstić information content (AvgIpc) is 2.52. The lowest BCUT2D eigenvalue weighted by Crippen LogP contribution is -2.48. The molecule has 1 aromatic heterocycles. The van der Waals surface area contributed by atoms with Gasteiger partial charge in [-0.25, -0.2) is 9.78 Å². The van der Waals surface area contributed by atoms with Crippen molar-refractivity contribution in [3.8, 4) is 0 Å². The number of nitrogens with one attached hydrogen (secondary N) is 3. The largest absolute Gasteiger partial charge is 0.481 e. The van der Waals surface area contributed by atoms with E-state index in [0.717, 1.165) is 42.7 Å². The lowest BCUT2D eigenvalue weighted by atomic mass is 9.83. The molecule has 6 N–H and O–H groups in total. The topological polar surface area (TPSA) is 285 Å². The van der Waals surface area contributed by atoms with E-state index >= 15 is 0 Å². The number of piperidine rings is 1. The molecule has 2 aliphatic rings. The van der Waals surface area contributed by atoms with E-state index in [9.17, 15) is 53.1 Å². The van der Waals surface area contributed by atoms with E-state index in [2.05, 4.69) is 27.4 Å². The number of likely N-dealkylation sites (tertiary alicyclic amines) is 1. The Hall–Kier alpha value is -7.39. The molecule has 3 heterocycles. The van der Waals surface area contributed by atoms with Crippen molar-refractivity contribution in [2.24, 2.45) is 41.2 Å². The number of para-hydroxylation sites is 1. The molecule has 9 atom stereocenters. The third-order valence-corrected chi connectivity index (χ3v) is 18.6. The fourth-order valence-corrected chi connectivity index (χ4v) is 12.7. The van der Waals surface area contributed by atoms with Gasteiger partial charge in [-0.2, -0.15) is 0 Å². The predicted octanol–water partition coefficient (Wildman–Crippen LogP) is 10.2. The first-order valence-electron chi connectivity index (χ1n) is 32.2. The van der Waals surface area contributed by atoms with Crippen molar-refractivity contribution in [2.75, 3.05) is 32.5 Å². The summed E-state index contributed by atoms with van der Waals surface area (Å²) in [5, 5.41) is 20.6. The number of allylic oxidation sites excluding steroid dienone is 1. The molecule has 90 heavy (non-hydrogen) atoms. The number of anilines is 1. The molecule has 3 aromatic rings. The number of ether oxygens (including phenoxy) is 1. The second kappa shape index (κ2) is 36.5. The molecule has 5 rings (SSSR count). The van der Waals surface area contributed by atoms with Crippen LogP contribution in [0.4, 0.5) is 10.5 Å². The van der Waals surface area contributed by atoms with Crippen molar-refractivity contribution in [3.05, 3.63) is 106 Å². The number of carboxylic acid groups (broad SMARTS) is 1. The van der Waals surface area contributed by atoms with Gasteiger partial charge in [0.15, 0.2) is 17.7 Å². The maximum atomic E-state index is 14.7. The summed E-state index contributed by atoms with van der Waals surface area (Å²) < 4.78 is 6.15. The molecule has 1 fully saturated rings. The molecular weight excluding hydrogens is 1160 g/mol. The number of carboxylic acids is 1. The number of carbonyl (C=O) groups is 10. The number of hydrogen-bond donors (Lipinski definition) is 5. The van der Waals surface area contributed by atoms with Crippen LogP contribution < -0.4 is 21.7 Å². The molecule has 0 bridgehead atoms. The maximum absolute atomic E-state index is 14.7. The van der Waals surface area contributed by atoms with Gasteiger partial charge >= 0.3 is 12.1 Å². The number of benzene rings is 2. The second-order valence-corrected chi connectivity index (χ2v) is 26.3. The van der Waals surface area contributed by atoms with Crippen LogP contribution in [0, 0.1) is 35.5 Å². The van der Waals surface area contributed by atoms with E-state index in [0.29, 0.717) is 67.0 Å².